The molecule has 0 saturated heterocycles. The number of aromatic nitrogens is 2. The maximum absolute atomic E-state index is 13.2. The van der Waals surface area contributed by atoms with Crippen molar-refractivity contribution in [3.8, 4) is 5.75 Å². The number of sulfonamides is 1. The number of carbonyl (C=O) groups is 1. The third kappa shape index (κ3) is 4.05. The standard InChI is InChI=1S/C22H24N4O5S/c1-5-20-23-19(24-31-20)11-26-16-9-15(4)18(10-17(16)30-12-21(26)27)32(28,29)25-22-13(2)7-6-8-14(22)3/h6-10,25H,5,11-12H2,1-4H3. The highest BCUT2D eigenvalue weighted by molar-refractivity contribution is 7.92. The van der Waals surface area contributed by atoms with Crippen LogP contribution in [0.15, 0.2) is 39.8 Å². The van der Waals surface area contributed by atoms with Gasteiger partial charge in [-0.2, -0.15) is 4.98 Å². The summed E-state index contributed by atoms with van der Waals surface area (Å²) in [4.78, 5) is 18.3. The Morgan fingerprint density at radius 3 is 2.50 bits per heavy atom. The molecule has 1 aliphatic heterocycles. The smallest absolute Gasteiger partial charge is 0.265 e. The van der Waals surface area contributed by atoms with Gasteiger partial charge in [0.15, 0.2) is 12.4 Å². The van der Waals surface area contributed by atoms with Gasteiger partial charge in [0.05, 0.1) is 22.8 Å². The summed E-state index contributed by atoms with van der Waals surface area (Å²) in [6.45, 7) is 7.16. The van der Waals surface area contributed by atoms with E-state index in [4.69, 9.17) is 9.26 Å². The van der Waals surface area contributed by atoms with Crippen LogP contribution in [0.3, 0.4) is 0 Å². The lowest BCUT2D eigenvalue weighted by atomic mass is 10.1. The first-order chi connectivity index (χ1) is 15.2. The number of hydrogen-bond acceptors (Lipinski definition) is 7. The van der Waals surface area contributed by atoms with Crippen LogP contribution in [0.2, 0.25) is 0 Å². The highest BCUT2D eigenvalue weighted by Crippen LogP contribution is 2.37. The number of amides is 1. The van der Waals surface area contributed by atoms with Gasteiger partial charge in [-0.05, 0) is 43.5 Å². The van der Waals surface area contributed by atoms with E-state index in [1.165, 1.54) is 11.0 Å². The first kappa shape index (κ1) is 21.8. The Labute approximate surface area is 186 Å². The average Bonchev–Trinajstić information content (AvgIpc) is 3.20. The molecule has 0 atom stereocenters. The minimum Gasteiger partial charge on any atom is -0.482 e. The first-order valence-corrected chi connectivity index (χ1v) is 11.7. The highest BCUT2D eigenvalue weighted by atomic mass is 32.2. The van der Waals surface area contributed by atoms with Crippen molar-refractivity contribution in [2.24, 2.45) is 0 Å². The highest BCUT2D eigenvalue weighted by Gasteiger charge is 2.30. The van der Waals surface area contributed by atoms with Gasteiger partial charge >= 0.3 is 0 Å². The molecule has 1 amide bonds. The number of rotatable bonds is 6. The summed E-state index contributed by atoms with van der Waals surface area (Å²) in [5, 5.41) is 3.90. The average molecular weight is 457 g/mol. The number of aryl methyl sites for hydroxylation is 4. The van der Waals surface area contributed by atoms with Gasteiger partial charge in [-0.1, -0.05) is 30.3 Å². The lowest BCUT2D eigenvalue weighted by molar-refractivity contribution is -0.121. The van der Waals surface area contributed by atoms with Crippen LogP contribution < -0.4 is 14.4 Å². The second-order valence-electron chi connectivity index (χ2n) is 7.68. The van der Waals surface area contributed by atoms with Gasteiger partial charge < -0.3 is 9.26 Å². The molecule has 0 aliphatic carbocycles. The third-order valence-electron chi connectivity index (χ3n) is 5.32. The van der Waals surface area contributed by atoms with Crippen molar-refractivity contribution in [2.45, 2.75) is 45.6 Å². The summed E-state index contributed by atoms with van der Waals surface area (Å²) in [5.74, 6) is 0.880. The summed E-state index contributed by atoms with van der Waals surface area (Å²) in [6, 6.07) is 8.65. The van der Waals surface area contributed by atoms with Crippen LogP contribution in [-0.4, -0.2) is 31.1 Å². The molecule has 0 spiro atoms. The largest absolute Gasteiger partial charge is 0.482 e. The van der Waals surface area contributed by atoms with E-state index >= 15 is 0 Å². The van der Waals surface area contributed by atoms with E-state index in [0.717, 1.165) is 11.1 Å². The molecular weight excluding hydrogens is 432 g/mol. The summed E-state index contributed by atoms with van der Waals surface area (Å²) in [7, 11) is -3.89. The predicted octanol–water partition coefficient (Wildman–Crippen LogP) is 3.28. The maximum atomic E-state index is 13.2. The number of benzene rings is 2. The number of fused-ring (bicyclic) bond motifs is 1. The second-order valence-corrected chi connectivity index (χ2v) is 9.34. The van der Waals surface area contributed by atoms with Crippen LogP contribution in [-0.2, 0) is 27.8 Å². The van der Waals surface area contributed by atoms with E-state index in [2.05, 4.69) is 14.9 Å². The molecule has 0 radical (unpaired) electrons. The minimum atomic E-state index is -3.89. The Balaban J connectivity index is 1.69. The lowest BCUT2D eigenvalue weighted by Crippen LogP contribution is -2.38. The Morgan fingerprint density at radius 2 is 1.84 bits per heavy atom. The first-order valence-electron chi connectivity index (χ1n) is 10.2. The van der Waals surface area contributed by atoms with E-state index in [-0.39, 0.29) is 24.0 Å². The number of carbonyl (C=O) groups excluding carboxylic acids is 1. The summed E-state index contributed by atoms with van der Waals surface area (Å²) in [6.07, 6.45) is 0.592. The second kappa shape index (κ2) is 8.27. The minimum absolute atomic E-state index is 0.0843. The number of ether oxygens (including phenoxy) is 1. The number of anilines is 2. The van der Waals surface area contributed by atoms with E-state index < -0.39 is 10.0 Å². The molecule has 0 fully saturated rings. The molecule has 9 nitrogen and oxygen atoms in total. The fourth-order valence-corrected chi connectivity index (χ4v) is 5.05. The van der Waals surface area contributed by atoms with E-state index in [1.54, 1.807) is 13.0 Å². The van der Waals surface area contributed by atoms with Crippen LogP contribution >= 0.6 is 0 Å². The van der Waals surface area contributed by atoms with Crippen LogP contribution in [0.25, 0.3) is 0 Å². The predicted molar refractivity (Wildman–Crippen MR) is 118 cm³/mol. The Kier molecular flexibility index (Phi) is 5.64. The fourth-order valence-electron chi connectivity index (χ4n) is 3.60. The zero-order chi connectivity index (χ0) is 23.0. The van der Waals surface area contributed by atoms with Crippen molar-refractivity contribution in [3.05, 3.63) is 58.7 Å². The van der Waals surface area contributed by atoms with E-state index in [9.17, 15) is 13.2 Å². The normalized spacial score (nSPS) is 13.6. The molecule has 168 valence electrons. The fraction of sp³-hybridized carbons (Fsp3) is 0.318. The molecule has 10 heteroatoms. The molecule has 1 N–H and O–H groups in total. The number of nitrogens with zero attached hydrogens (tertiary/aromatic N) is 3. The van der Waals surface area contributed by atoms with Crippen LogP contribution in [0.4, 0.5) is 11.4 Å². The van der Waals surface area contributed by atoms with Crippen molar-refractivity contribution in [3.63, 3.8) is 0 Å². The molecule has 0 bridgehead atoms. The molecule has 4 rings (SSSR count). The zero-order valence-corrected chi connectivity index (χ0v) is 19.1. The number of nitrogens with one attached hydrogen (secondary N) is 1. The number of para-hydroxylation sites is 1. The Hall–Kier alpha value is -3.40. The van der Waals surface area contributed by atoms with Crippen molar-refractivity contribution >= 4 is 27.3 Å². The summed E-state index contributed by atoms with van der Waals surface area (Å²) in [5.41, 5.74) is 3.14. The molecule has 1 aromatic heterocycles. The molecule has 0 saturated carbocycles. The summed E-state index contributed by atoms with van der Waals surface area (Å²) < 4.78 is 39.8. The van der Waals surface area contributed by atoms with Crippen molar-refractivity contribution in [2.75, 3.05) is 16.2 Å². The van der Waals surface area contributed by atoms with Gasteiger partial charge in [0, 0.05) is 12.5 Å². The topological polar surface area (TPSA) is 115 Å². The maximum Gasteiger partial charge on any atom is 0.265 e. The van der Waals surface area contributed by atoms with E-state index in [0.29, 0.717) is 40.8 Å². The Bertz CT molecular complexity index is 1280. The molecular formula is C22H24N4O5S. The van der Waals surface area contributed by atoms with Gasteiger partial charge in [0.2, 0.25) is 5.89 Å². The lowest BCUT2D eigenvalue weighted by Gasteiger charge is -2.29. The van der Waals surface area contributed by atoms with Gasteiger partial charge in [0.25, 0.3) is 15.9 Å². The molecule has 0 unspecified atom stereocenters. The molecule has 3 aromatic rings. The molecule has 32 heavy (non-hydrogen) atoms. The zero-order valence-electron chi connectivity index (χ0n) is 18.3. The molecule has 1 aliphatic rings. The van der Waals surface area contributed by atoms with Gasteiger partial charge in [-0.15, -0.1) is 0 Å². The van der Waals surface area contributed by atoms with Gasteiger partial charge in [0.1, 0.15) is 5.75 Å². The van der Waals surface area contributed by atoms with Gasteiger partial charge in [-0.3, -0.25) is 14.4 Å². The van der Waals surface area contributed by atoms with Crippen LogP contribution in [0.5, 0.6) is 5.75 Å². The van der Waals surface area contributed by atoms with E-state index in [1.807, 2.05) is 39.0 Å². The van der Waals surface area contributed by atoms with Gasteiger partial charge in [-0.25, -0.2) is 8.42 Å². The van der Waals surface area contributed by atoms with Crippen LogP contribution in [0.1, 0.15) is 35.3 Å². The quantitative estimate of drug-likeness (QED) is 0.605. The van der Waals surface area contributed by atoms with Crippen molar-refractivity contribution in [1.29, 1.82) is 0 Å². The van der Waals surface area contributed by atoms with Crippen molar-refractivity contribution in [1.82, 2.24) is 10.1 Å². The SMILES string of the molecule is CCc1nc(CN2C(=O)COc3cc(S(=O)(=O)Nc4c(C)cccc4C)c(C)cc32)no1. The monoisotopic (exact) mass is 456 g/mol. The third-order valence-corrected chi connectivity index (χ3v) is 6.81. The van der Waals surface area contributed by atoms with Crippen molar-refractivity contribution < 1.29 is 22.5 Å². The molecule has 2 heterocycles. The number of hydrogen-bond donors (Lipinski definition) is 1. The van der Waals surface area contributed by atoms with Crippen LogP contribution in [0, 0.1) is 20.8 Å². The summed E-state index contributed by atoms with van der Waals surface area (Å²) >= 11 is 0. The molecule has 2 aromatic carbocycles. The Morgan fingerprint density at radius 1 is 1.12 bits per heavy atom.